The van der Waals surface area contributed by atoms with Gasteiger partial charge in [-0.05, 0) is 38.2 Å². The van der Waals surface area contributed by atoms with Crippen LogP contribution in [0.3, 0.4) is 0 Å². The standard InChI is InChI=1S/C19H25N3O2/c1-22(2)17(16-8-4-5-9-18(16)24-3)14-21-19(23)11-10-15-7-6-12-20-13-15/h4-9,12-13,17H,10-11,14H2,1-3H3,(H,21,23). The summed E-state index contributed by atoms with van der Waals surface area (Å²) in [4.78, 5) is 18.3. The predicted octanol–water partition coefficient (Wildman–Crippen LogP) is 2.44. The number of amides is 1. The van der Waals surface area contributed by atoms with Gasteiger partial charge in [0, 0.05) is 30.9 Å². The molecule has 24 heavy (non-hydrogen) atoms. The molecule has 0 spiro atoms. The molecule has 0 aliphatic rings. The zero-order chi connectivity index (χ0) is 17.4. The minimum Gasteiger partial charge on any atom is -0.496 e. The lowest BCUT2D eigenvalue weighted by molar-refractivity contribution is -0.121. The number of hydrogen-bond donors (Lipinski definition) is 1. The molecule has 1 N–H and O–H groups in total. The smallest absolute Gasteiger partial charge is 0.220 e. The topological polar surface area (TPSA) is 54.5 Å². The second-order valence-electron chi connectivity index (χ2n) is 5.89. The van der Waals surface area contributed by atoms with Crippen molar-refractivity contribution in [1.82, 2.24) is 15.2 Å². The van der Waals surface area contributed by atoms with Crippen LogP contribution in [0, 0.1) is 0 Å². The maximum Gasteiger partial charge on any atom is 0.220 e. The number of nitrogens with zero attached hydrogens (tertiary/aromatic N) is 2. The van der Waals surface area contributed by atoms with E-state index >= 15 is 0 Å². The van der Waals surface area contributed by atoms with E-state index in [4.69, 9.17) is 4.74 Å². The molecule has 0 aliphatic carbocycles. The highest BCUT2D eigenvalue weighted by Crippen LogP contribution is 2.27. The highest BCUT2D eigenvalue weighted by molar-refractivity contribution is 5.76. The van der Waals surface area contributed by atoms with E-state index in [1.54, 1.807) is 19.5 Å². The Kier molecular flexibility index (Phi) is 6.75. The number of aromatic nitrogens is 1. The van der Waals surface area contributed by atoms with E-state index in [2.05, 4.69) is 15.2 Å². The van der Waals surface area contributed by atoms with E-state index in [0.29, 0.717) is 19.4 Å². The fraction of sp³-hybridized carbons (Fsp3) is 0.368. The Balaban J connectivity index is 1.93. The van der Waals surface area contributed by atoms with E-state index in [-0.39, 0.29) is 11.9 Å². The minimum atomic E-state index is 0.0422. The Hall–Kier alpha value is -2.40. The van der Waals surface area contributed by atoms with Gasteiger partial charge in [-0.25, -0.2) is 0 Å². The predicted molar refractivity (Wildman–Crippen MR) is 95.0 cm³/mol. The van der Waals surface area contributed by atoms with Gasteiger partial charge in [-0.1, -0.05) is 24.3 Å². The van der Waals surface area contributed by atoms with Gasteiger partial charge in [0.25, 0.3) is 0 Å². The number of methoxy groups -OCH3 is 1. The monoisotopic (exact) mass is 327 g/mol. The number of likely N-dealkylation sites (N-methyl/N-ethyl adjacent to an activating group) is 1. The van der Waals surface area contributed by atoms with E-state index in [1.165, 1.54) is 0 Å². The number of pyridine rings is 1. The molecule has 5 nitrogen and oxygen atoms in total. The van der Waals surface area contributed by atoms with Gasteiger partial charge in [0.1, 0.15) is 5.75 Å². The van der Waals surface area contributed by atoms with Crippen LogP contribution < -0.4 is 10.1 Å². The van der Waals surface area contributed by atoms with Crippen LogP contribution in [0.4, 0.5) is 0 Å². The van der Waals surface area contributed by atoms with Gasteiger partial charge >= 0.3 is 0 Å². The highest BCUT2D eigenvalue weighted by Gasteiger charge is 2.18. The Morgan fingerprint density at radius 1 is 1.25 bits per heavy atom. The van der Waals surface area contributed by atoms with E-state index in [1.807, 2.05) is 50.5 Å². The number of ether oxygens (including phenoxy) is 1. The van der Waals surface area contributed by atoms with E-state index in [0.717, 1.165) is 16.9 Å². The van der Waals surface area contributed by atoms with Crippen LogP contribution in [0.25, 0.3) is 0 Å². The molecule has 0 radical (unpaired) electrons. The molecule has 5 heteroatoms. The molecule has 0 saturated heterocycles. The summed E-state index contributed by atoms with van der Waals surface area (Å²) in [5.74, 6) is 0.876. The fourth-order valence-electron chi connectivity index (χ4n) is 2.62. The van der Waals surface area contributed by atoms with Crippen molar-refractivity contribution in [3.63, 3.8) is 0 Å². The minimum absolute atomic E-state index is 0.0422. The van der Waals surface area contributed by atoms with Crippen LogP contribution in [0.1, 0.15) is 23.6 Å². The van der Waals surface area contributed by atoms with Gasteiger partial charge in [-0.15, -0.1) is 0 Å². The first-order chi connectivity index (χ1) is 11.6. The molecule has 1 heterocycles. The quantitative estimate of drug-likeness (QED) is 0.809. The molecular weight excluding hydrogens is 302 g/mol. The number of aryl methyl sites for hydroxylation is 1. The Morgan fingerprint density at radius 3 is 2.71 bits per heavy atom. The van der Waals surface area contributed by atoms with Crippen molar-refractivity contribution >= 4 is 5.91 Å². The van der Waals surface area contributed by atoms with Crippen LogP contribution in [0.2, 0.25) is 0 Å². The molecule has 1 amide bonds. The molecule has 1 unspecified atom stereocenters. The summed E-state index contributed by atoms with van der Waals surface area (Å²) in [5.41, 5.74) is 2.14. The van der Waals surface area contributed by atoms with Gasteiger partial charge in [0.2, 0.25) is 5.91 Å². The average Bonchev–Trinajstić information content (AvgIpc) is 2.61. The lowest BCUT2D eigenvalue weighted by Gasteiger charge is -2.26. The third kappa shape index (κ3) is 5.06. The summed E-state index contributed by atoms with van der Waals surface area (Å²) in [5, 5.41) is 3.03. The number of rotatable bonds is 8. The Labute approximate surface area is 143 Å². The zero-order valence-corrected chi connectivity index (χ0v) is 14.5. The van der Waals surface area contributed by atoms with Crippen molar-refractivity contribution in [2.75, 3.05) is 27.7 Å². The molecular formula is C19H25N3O2. The molecule has 128 valence electrons. The van der Waals surface area contributed by atoms with Gasteiger partial charge in [0.05, 0.1) is 13.2 Å². The first-order valence-corrected chi connectivity index (χ1v) is 8.06. The first kappa shape index (κ1) is 17.9. The molecule has 0 saturated carbocycles. The summed E-state index contributed by atoms with van der Waals surface area (Å²) in [6.45, 7) is 0.541. The van der Waals surface area contributed by atoms with Crippen molar-refractivity contribution < 1.29 is 9.53 Å². The number of nitrogens with one attached hydrogen (secondary N) is 1. The van der Waals surface area contributed by atoms with Crippen LogP contribution in [0.5, 0.6) is 5.75 Å². The maximum atomic E-state index is 12.1. The summed E-state index contributed by atoms with van der Waals surface area (Å²) < 4.78 is 5.44. The van der Waals surface area contributed by atoms with Crippen molar-refractivity contribution in [2.45, 2.75) is 18.9 Å². The first-order valence-electron chi connectivity index (χ1n) is 8.06. The van der Waals surface area contributed by atoms with Gasteiger partial charge in [-0.2, -0.15) is 0 Å². The number of hydrogen-bond acceptors (Lipinski definition) is 4. The molecule has 0 aliphatic heterocycles. The number of para-hydroxylation sites is 1. The van der Waals surface area contributed by atoms with Gasteiger partial charge < -0.3 is 15.0 Å². The third-order valence-electron chi connectivity index (χ3n) is 3.98. The molecule has 1 atom stereocenters. The summed E-state index contributed by atoms with van der Waals surface area (Å²) in [6, 6.07) is 11.8. The molecule has 2 rings (SSSR count). The molecule has 0 bridgehead atoms. The maximum absolute atomic E-state index is 12.1. The molecule has 2 aromatic rings. The highest BCUT2D eigenvalue weighted by atomic mass is 16.5. The third-order valence-corrected chi connectivity index (χ3v) is 3.98. The van der Waals surface area contributed by atoms with Crippen LogP contribution in [-0.4, -0.2) is 43.5 Å². The van der Waals surface area contributed by atoms with Gasteiger partial charge in [0.15, 0.2) is 0 Å². The summed E-state index contributed by atoms with van der Waals surface area (Å²) >= 11 is 0. The van der Waals surface area contributed by atoms with Crippen molar-refractivity contribution in [3.8, 4) is 5.75 Å². The summed E-state index contributed by atoms with van der Waals surface area (Å²) in [7, 11) is 5.66. The van der Waals surface area contributed by atoms with Gasteiger partial charge in [-0.3, -0.25) is 9.78 Å². The van der Waals surface area contributed by atoms with Crippen molar-refractivity contribution in [2.24, 2.45) is 0 Å². The Morgan fingerprint density at radius 2 is 2.04 bits per heavy atom. The Bertz CT molecular complexity index is 644. The van der Waals surface area contributed by atoms with E-state index < -0.39 is 0 Å². The lowest BCUT2D eigenvalue weighted by atomic mass is 10.0. The van der Waals surface area contributed by atoms with Crippen molar-refractivity contribution in [1.29, 1.82) is 0 Å². The molecule has 1 aromatic carbocycles. The molecule has 1 aromatic heterocycles. The van der Waals surface area contributed by atoms with Crippen LogP contribution in [0.15, 0.2) is 48.8 Å². The van der Waals surface area contributed by atoms with E-state index in [9.17, 15) is 4.79 Å². The van der Waals surface area contributed by atoms with Crippen LogP contribution >= 0.6 is 0 Å². The van der Waals surface area contributed by atoms with Crippen LogP contribution in [-0.2, 0) is 11.2 Å². The normalized spacial score (nSPS) is 12.0. The van der Waals surface area contributed by atoms with Crippen molar-refractivity contribution in [3.05, 3.63) is 59.9 Å². The lowest BCUT2D eigenvalue weighted by Crippen LogP contribution is -2.34. The fourth-order valence-corrected chi connectivity index (χ4v) is 2.62. The number of carbonyl (C=O) groups is 1. The number of benzene rings is 1. The molecule has 0 fully saturated rings. The average molecular weight is 327 g/mol. The SMILES string of the molecule is COc1ccccc1C(CNC(=O)CCc1cccnc1)N(C)C. The zero-order valence-electron chi connectivity index (χ0n) is 14.5. The summed E-state index contributed by atoms with van der Waals surface area (Å²) in [6.07, 6.45) is 4.68. The largest absolute Gasteiger partial charge is 0.496 e. The second-order valence-corrected chi connectivity index (χ2v) is 5.89. The number of carbonyl (C=O) groups excluding carboxylic acids is 1. The second kappa shape index (κ2) is 9.03.